The van der Waals surface area contributed by atoms with E-state index in [0.29, 0.717) is 11.4 Å². The molecule has 0 aromatic heterocycles. The van der Waals surface area contributed by atoms with E-state index in [1.807, 2.05) is 30.3 Å². The zero-order chi connectivity index (χ0) is 23.1. The van der Waals surface area contributed by atoms with Gasteiger partial charge in [-0.05, 0) is 61.2 Å². The number of hydrogen-bond acceptors (Lipinski definition) is 6. The normalized spacial score (nSPS) is 17.5. The number of carbonyl (C=O) groups is 1. The minimum atomic E-state index is -3.82. The van der Waals surface area contributed by atoms with Gasteiger partial charge in [0.15, 0.2) is 0 Å². The Hall–Kier alpha value is -2.62. The van der Waals surface area contributed by atoms with Crippen LogP contribution in [-0.2, 0) is 26.1 Å². The van der Waals surface area contributed by atoms with E-state index in [1.54, 1.807) is 18.2 Å². The number of nitrogens with one attached hydrogen (secondary N) is 2. The molecule has 2 aromatic carbocycles. The summed E-state index contributed by atoms with van der Waals surface area (Å²) in [5.74, 6) is -1.22. The van der Waals surface area contributed by atoms with Crippen molar-refractivity contribution >= 4 is 33.0 Å². The van der Waals surface area contributed by atoms with Crippen LogP contribution in [0.3, 0.4) is 0 Å². The fraction of sp³-hybridized carbons (Fsp3) is 0.458. The molecule has 2 saturated heterocycles. The van der Waals surface area contributed by atoms with Crippen molar-refractivity contribution in [2.75, 3.05) is 60.1 Å². The summed E-state index contributed by atoms with van der Waals surface area (Å²) in [7, 11) is -3.82. The Balaban J connectivity index is 1.30. The first-order valence-corrected chi connectivity index (χ1v) is 13.2. The Morgan fingerprint density at radius 3 is 2.36 bits per heavy atom. The number of sulfonamides is 1. The molecule has 2 aliphatic heterocycles. The predicted molar refractivity (Wildman–Crippen MR) is 131 cm³/mol. The van der Waals surface area contributed by atoms with Crippen LogP contribution in [0.2, 0.25) is 0 Å². The van der Waals surface area contributed by atoms with Gasteiger partial charge in [0.2, 0.25) is 15.9 Å². The molecule has 0 atom stereocenters. The van der Waals surface area contributed by atoms with Gasteiger partial charge < -0.3 is 15.0 Å². The Labute approximate surface area is 196 Å². The van der Waals surface area contributed by atoms with Crippen molar-refractivity contribution in [1.29, 1.82) is 0 Å². The van der Waals surface area contributed by atoms with Gasteiger partial charge in [-0.2, -0.15) is 0 Å². The molecule has 8 nitrogen and oxygen atoms in total. The molecule has 0 saturated carbocycles. The second-order valence-corrected chi connectivity index (χ2v) is 10.3. The molecule has 2 heterocycles. The first-order valence-electron chi connectivity index (χ1n) is 11.5. The average molecular weight is 473 g/mol. The third kappa shape index (κ3) is 7.18. The molecule has 0 unspecified atom stereocenters. The minimum absolute atomic E-state index is 0.455. The molecular weight excluding hydrogens is 440 g/mol. The van der Waals surface area contributed by atoms with E-state index in [2.05, 4.69) is 19.8 Å². The fourth-order valence-corrected chi connectivity index (χ4v) is 5.23. The van der Waals surface area contributed by atoms with Crippen molar-refractivity contribution in [2.24, 2.45) is 0 Å². The molecule has 33 heavy (non-hydrogen) atoms. The molecule has 1 amide bonds. The SMILES string of the molecule is O=C(CS(=O)(=O)Nc1ccc(N2CCCCC2)cc1)Nc1cccc(CN2CCOCC2)c1. The molecule has 2 N–H and O–H groups in total. The maximum atomic E-state index is 12.5. The highest BCUT2D eigenvalue weighted by Gasteiger charge is 2.18. The third-order valence-corrected chi connectivity index (χ3v) is 7.09. The molecule has 2 aromatic rings. The molecule has 0 aliphatic carbocycles. The fourth-order valence-electron chi connectivity index (χ4n) is 4.24. The first kappa shape index (κ1) is 23.5. The summed E-state index contributed by atoms with van der Waals surface area (Å²) in [6.45, 7) is 6.02. The molecule has 0 radical (unpaired) electrons. The lowest BCUT2D eigenvalue weighted by atomic mass is 10.1. The van der Waals surface area contributed by atoms with Crippen LogP contribution in [0.15, 0.2) is 48.5 Å². The topological polar surface area (TPSA) is 91.0 Å². The standard InChI is InChI=1S/C24H32N4O4S/c29-24(25-22-6-4-5-20(17-22)18-27-13-15-32-16-14-27)19-33(30,31)26-21-7-9-23(10-8-21)28-11-2-1-3-12-28/h4-10,17,26H,1-3,11-16,18-19H2,(H,25,29). The molecular formula is C24H32N4O4S. The largest absolute Gasteiger partial charge is 0.379 e. The van der Waals surface area contributed by atoms with Crippen molar-refractivity contribution in [3.8, 4) is 0 Å². The predicted octanol–water partition coefficient (Wildman–Crippen LogP) is 2.89. The van der Waals surface area contributed by atoms with E-state index in [0.717, 1.165) is 57.2 Å². The number of nitrogens with zero attached hydrogens (tertiary/aromatic N) is 2. The van der Waals surface area contributed by atoms with Crippen LogP contribution in [-0.4, -0.2) is 64.4 Å². The lowest BCUT2D eigenvalue weighted by Gasteiger charge is -2.28. The Morgan fingerprint density at radius 2 is 1.64 bits per heavy atom. The number of benzene rings is 2. The van der Waals surface area contributed by atoms with E-state index < -0.39 is 21.7 Å². The number of ether oxygens (including phenoxy) is 1. The molecule has 9 heteroatoms. The Morgan fingerprint density at radius 1 is 0.909 bits per heavy atom. The van der Waals surface area contributed by atoms with Gasteiger partial charge in [-0.25, -0.2) is 8.42 Å². The number of amides is 1. The van der Waals surface area contributed by atoms with Crippen LogP contribution >= 0.6 is 0 Å². The van der Waals surface area contributed by atoms with Gasteiger partial charge in [0, 0.05) is 49.8 Å². The second kappa shape index (κ2) is 11.0. The molecule has 2 aliphatic rings. The maximum Gasteiger partial charge on any atom is 0.241 e. The zero-order valence-corrected chi connectivity index (χ0v) is 19.6. The highest BCUT2D eigenvalue weighted by molar-refractivity contribution is 7.93. The van der Waals surface area contributed by atoms with Crippen molar-refractivity contribution in [2.45, 2.75) is 25.8 Å². The summed E-state index contributed by atoms with van der Waals surface area (Å²) in [6.07, 6.45) is 3.62. The maximum absolute atomic E-state index is 12.5. The third-order valence-electron chi connectivity index (χ3n) is 5.90. The number of hydrogen-bond donors (Lipinski definition) is 2. The minimum Gasteiger partial charge on any atom is -0.379 e. The van der Waals surface area contributed by atoms with Crippen molar-refractivity contribution in [3.05, 3.63) is 54.1 Å². The number of piperidine rings is 1. The second-order valence-electron chi connectivity index (χ2n) is 8.59. The zero-order valence-electron chi connectivity index (χ0n) is 18.8. The van der Waals surface area contributed by atoms with Crippen LogP contribution < -0.4 is 14.9 Å². The molecule has 178 valence electrons. The van der Waals surface area contributed by atoms with Gasteiger partial charge in [0.05, 0.1) is 13.2 Å². The van der Waals surface area contributed by atoms with Crippen molar-refractivity contribution in [3.63, 3.8) is 0 Å². The van der Waals surface area contributed by atoms with Gasteiger partial charge in [0.1, 0.15) is 5.75 Å². The summed E-state index contributed by atoms with van der Waals surface area (Å²) in [5.41, 5.74) is 3.19. The van der Waals surface area contributed by atoms with Crippen LogP contribution in [0.25, 0.3) is 0 Å². The quantitative estimate of drug-likeness (QED) is 0.614. The summed E-state index contributed by atoms with van der Waals surface area (Å²) in [4.78, 5) is 17.0. The Kier molecular flexibility index (Phi) is 7.85. The number of morpholine rings is 1. The lowest BCUT2D eigenvalue weighted by molar-refractivity contribution is -0.113. The van der Waals surface area contributed by atoms with Gasteiger partial charge >= 0.3 is 0 Å². The van der Waals surface area contributed by atoms with E-state index >= 15 is 0 Å². The average Bonchev–Trinajstić information content (AvgIpc) is 2.80. The van der Waals surface area contributed by atoms with Crippen LogP contribution in [0.1, 0.15) is 24.8 Å². The highest BCUT2D eigenvalue weighted by Crippen LogP contribution is 2.22. The smallest absolute Gasteiger partial charge is 0.241 e. The summed E-state index contributed by atoms with van der Waals surface area (Å²) >= 11 is 0. The molecule has 0 bridgehead atoms. The molecule has 0 spiro atoms. The number of anilines is 3. The summed E-state index contributed by atoms with van der Waals surface area (Å²) in [6, 6.07) is 14.8. The monoisotopic (exact) mass is 472 g/mol. The summed E-state index contributed by atoms with van der Waals surface area (Å²) < 4.78 is 32.9. The number of carbonyl (C=O) groups excluding carboxylic acids is 1. The van der Waals surface area contributed by atoms with Gasteiger partial charge in [-0.3, -0.25) is 14.4 Å². The van der Waals surface area contributed by atoms with Crippen LogP contribution in [0.5, 0.6) is 0 Å². The van der Waals surface area contributed by atoms with Gasteiger partial charge in [-0.15, -0.1) is 0 Å². The Bertz CT molecular complexity index is 1030. The number of rotatable bonds is 8. The first-order chi connectivity index (χ1) is 16.0. The van der Waals surface area contributed by atoms with E-state index in [9.17, 15) is 13.2 Å². The van der Waals surface area contributed by atoms with E-state index in [4.69, 9.17) is 4.74 Å². The summed E-state index contributed by atoms with van der Waals surface area (Å²) in [5, 5.41) is 2.71. The van der Waals surface area contributed by atoms with Crippen LogP contribution in [0, 0.1) is 0 Å². The van der Waals surface area contributed by atoms with E-state index in [1.165, 1.54) is 19.3 Å². The van der Waals surface area contributed by atoms with Gasteiger partial charge in [0.25, 0.3) is 0 Å². The molecule has 4 rings (SSSR count). The van der Waals surface area contributed by atoms with Gasteiger partial charge in [-0.1, -0.05) is 12.1 Å². The highest BCUT2D eigenvalue weighted by atomic mass is 32.2. The van der Waals surface area contributed by atoms with E-state index in [-0.39, 0.29) is 0 Å². The van der Waals surface area contributed by atoms with Crippen LogP contribution in [0.4, 0.5) is 17.1 Å². The lowest BCUT2D eigenvalue weighted by Crippen LogP contribution is -2.35. The van der Waals surface area contributed by atoms with Crippen molar-refractivity contribution in [1.82, 2.24) is 4.90 Å². The van der Waals surface area contributed by atoms with Crippen molar-refractivity contribution < 1.29 is 17.9 Å². The molecule has 2 fully saturated rings.